The highest BCUT2D eigenvalue weighted by Crippen LogP contribution is 2.26. The van der Waals surface area contributed by atoms with Gasteiger partial charge >= 0.3 is 0 Å². The van der Waals surface area contributed by atoms with Crippen molar-refractivity contribution in [3.8, 4) is 11.5 Å². The molecule has 5 nitrogen and oxygen atoms in total. The Kier molecular flexibility index (Phi) is 4.34. The van der Waals surface area contributed by atoms with Crippen molar-refractivity contribution in [3.05, 3.63) is 47.9 Å². The Labute approximate surface area is 111 Å². The van der Waals surface area contributed by atoms with Crippen LogP contribution in [0.3, 0.4) is 0 Å². The predicted octanol–water partition coefficient (Wildman–Crippen LogP) is 2.75. The van der Waals surface area contributed by atoms with Gasteiger partial charge in [0.05, 0.1) is 32.9 Å². The predicted molar refractivity (Wildman–Crippen MR) is 73.4 cm³/mol. The number of hydrogen-bond acceptors (Lipinski definition) is 5. The van der Waals surface area contributed by atoms with E-state index in [1.54, 1.807) is 38.8 Å². The van der Waals surface area contributed by atoms with Crippen LogP contribution in [-0.4, -0.2) is 26.6 Å². The van der Waals surface area contributed by atoms with Crippen LogP contribution in [0.2, 0.25) is 0 Å². The molecule has 19 heavy (non-hydrogen) atoms. The summed E-state index contributed by atoms with van der Waals surface area (Å²) in [5.74, 6) is 1.99. The van der Waals surface area contributed by atoms with Gasteiger partial charge in [0.2, 0.25) is 0 Å². The first-order valence-corrected chi connectivity index (χ1v) is 5.65. The number of furan rings is 1. The summed E-state index contributed by atoms with van der Waals surface area (Å²) in [6, 6.07) is 9.10. The van der Waals surface area contributed by atoms with E-state index in [2.05, 4.69) is 10.2 Å². The van der Waals surface area contributed by atoms with E-state index in [9.17, 15) is 0 Å². The summed E-state index contributed by atoms with van der Waals surface area (Å²) in [4.78, 5) is 0. The zero-order chi connectivity index (χ0) is 13.5. The summed E-state index contributed by atoms with van der Waals surface area (Å²) in [7, 11) is 3.19. The summed E-state index contributed by atoms with van der Waals surface area (Å²) < 4.78 is 15.4. The molecule has 1 aromatic heterocycles. The largest absolute Gasteiger partial charge is 0.493 e. The Hall–Kier alpha value is -2.56. The normalized spacial score (nSPS) is 11.3. The fourth-order valence-corrected chi connectivity index (χ4v) is 1.49. The van der Waals surface area contributed by atoms with Crippen molar-refractivity contribution in [2.24, 2.45) is 10.2 Å². The lowest BCUT2D eigenvalue weighted by Crippen LogP contribution is -1.91. The summed E-state index contributed by atoms with van der Waals surface area (Å²) in [6.45, 7) is 0. The summed E-state index contributed by atoms with van der Waals surface area (Å²) in [5.41, 5.74) is 0.870. The van der Waals surface area contributed by atoms with Crippen LogP contribution in [0.25, 0.3) is 0 Å². The molecule has 0 atom stereocenters. The smallest absolute Gasteiger partial charge is 0.161 e. The second kappa shape index (κ2) is 6.39. The minimum Gasteiger partial charge on any atom is -0.493 e. The molecule has 2 rings (SSSR count). The number of ether oxygens (including phenoxy) is 2. The van der Waals surface area contributed by atoms with Crippen LogP contribution in [0.15, 0.2) is 51.2 Å². The molecule has 0 aliphatic heterocycles. The third-order valence-corrected chi connectivity index (χ3v) is 2.41. The summed E-state index contributed by atoms with van der Waals surface area (Å²) in [5, 5.41) is 7.82. The zero-order valence-electron chi connectivity index (χ0n) is 10.7. The van der Waals surface area contributed by atoms with E-state index in [1.807, 2.05) is 18.2 Å². The van der Waals surface area contributed by atoms with Gasteiger partial charge in [-0.2, -0.15) is 10.2 Å². The van der Waals surface area contributed by atoms with Crippen molar-refractivity contribution < 1.29 is 13.9 Å². The third kappa shape index (κ3) is 3.45. The lowest BCUT2D eigenvalue weighted by atomic mass is 10.2. The van der Waals surface area contributed by atoms with Crippen molar-refractivity contribution in [1.29, 1.82) is 0 Å². The molecule has 0 radical (unpaired) electrons. The molecule has 0 aliphatic rings. The topological polar surface area (TPSA) is 56.3 Å². The third-order valence-electron chi connectivity index (χ3n) is 2.41. The second-order valence-electron chi connectivity index (χ2n) is 3.62. The number of benzene rings is 1. The van der Waals surface area contributed by atoms with Crippen molar-refractivity contribution >= 4 is 12.4 Å². The van der Waals surface area contributed by atoms with Gasteiger partial charge in [0.25, 0.3) is 0 Å². The Balaban J connectivity index is 2.06. The molecule has 0 bridgehead atoms. The van der Waals surface area contributed by atoms with E-state index in [0.717, 1.165) is 5.56 Å². The molecule has 0 unspecified atom stereocenters. The van der Waals surface area contributed by atoms with E-state index in [0.29, 0.717) is 17.3 Å². The maximum absolute atomic E-state index is 5.20. The molecular formula is C14H14N2O3. The second-order valence-corrected chi connectivity index (χ2v) is 3.62. The number of methoxy groups -OCH3 is 2. The lowest BCUT2D eigenvalue weighted by molar-refractivity contribution is 0.355. The first kappa shape index (κ1) is 12.9. The Morgan fingerprint density at radius 2 is 1.79 bits per heavy atom. The fraction of sp³-hybridized carbons (Fsp3) is 0.143. The molecule has 0 N–H and O–H groups in total. The molecule has 98 valence electrons. The Morgan fingerprint density at radius 1 is 1.00 bits per heavy atom. The van der Waals surface area contributed by atoms with Gasteiger partial charge in [0.1, 0.15) is 5.76 Å². The molecule has 0 aliphatic carbocycles. The van der Waals surface area contributed by atoms with E-state index in [4.69, 9.17) is 13.9 Å². The van der Waals surface area contributed by atoms with Gasteiger partial charge in [-0.15, -0.1) is 0 Å². The molecule has 0 saturated carbocycles. The van der Waals surface area contributed by atoms with Crippen LogP contribution in [0, 0.1) is 0 Å². The van der Waals surface area contributed by atoms with E-state index in [-0.39, 0.29) is 0 Å². The monoisotopic (exact) mass is 258 g/mol. The van der Waals surface area contributed by atoms with Crippen LogP contribution < -0.4 is 9.47 Å². The highest BCUT2D eigenvalue weighted by atomic mass is 16.5. The maximum atomic E-state index is 5.20. The molecule has 0 spiro atoms. The minimum absolute atomic E-state index is 0.654. The summed E-state index contributed by atoms with van der Waals surface area (Å²) >= 11 is 0. The van der Waals surface area contributed by atoms with Crippen LogP contribution in [0.1, 0.15) is 11.3 Å². The molecule has 5 heteroatoms. The molecule has 2 aromatic rings. The van der Waals surface area contributed by atoms with Gasteiger partial charge in [-0.05, 0) is 35.9 Å². The van der Waals surface area contributed by atoms with Crippen LogP contribution >= 0.6 is 0 Å². The molecule has 1 aromatic carbocycles. The van der Waals surface area contributed by atoms with Gasteiger partial charge in [0, 0.05) is 0 Å². The van der Waals surface area contributed by atoms with Crippen LogP contribution in [0.4, 0.5) is 0 Å². The van der Waals surface area contributed by atoms with Crippen LogP contribution in [0.5, 0.6) is 11.5 Å². The average molecular weight is 258 g/mol. The van der Waals surface area contributed by atoms with Gasteiger partial charge in [-0.1, -0.05) is 0 Å². The lowest BCUT2D eigenvalue weighted by Gasteiger charge is -2.06. The van der Waals surface area contributed by atoms with Crippen LogP contribution in [-0.2, 0) is 0 Å². The highest BCUT2D eigenvalue weighted by molar-refractivity contribution is 5.82. The van der Waals surface area contributed by atoms with Crippen molar-refractivity contribution in [2.75, 3.05) is 14.2 Å². The standard InChI is InChI=1S/C14H14N2O3/c1-17-13-6-5-11(8-14(13)18-2)9-15-16-10-12-4-3-7-19-12/h3-10H,1-2H3/b15-9+,16-10-. The zero-order valence-corrected chi connectivity index (χ0v) is 10.7. The van der Waals surface area contributed by atoms with Gasteiger partial charge in [0.15, 0.2) is 11.5 Å². The summed E-state index contributed by atoms with van der Waals surface area (Å²) in [6.07, 6.45) is 4.75. The average Bonchev–Trinajstić information content (AvgIpc) is 2.96. The maximum Gasteiger partial charge on any atom is 0.161 e. The first-order valence-electron chi connectivity index (χ1n) is 5.65. The van der Waals surface area contributed by atoms with Crippen molar-refractivity contribution in [3.63, 3.8) is 0 Å². The Bertz CT molecular complexity index is 574. The van der Waals surface area contributed by atoms with Crippen molar-refractivity contribution in [2.45, 2.75) is 0 Å². The number of hydrogen-bond donors (Lipinski definition) is 0. The molecule has 0 fully saturated rings. The van der Waals surface area contributed by atoms with E-state index in [1.165, 1.54) is 6.21 Å². The van der Waals surface area contributed by atoms with Gasteiger partial charge in [-0.3, -0.25) is 0 Å². The molecule has 0 amide bonds. The van der Waals surface area contributed by atoms with Crippen molar-refractivity contribution in [1.82, 2.24) is 0 Å². The number of nitrogens with zero attached hydrogens (tertiary/aromatic N) is 2. The molecular weight excluding hydrogens is 244 g/mol. The SMILES string of the molecule is COc1ccc(/C=N/N=C\c2ccco2)cc1OC. The molecule has 1 heterocycles. The van der Waals surface area contributed by atoms with Gasteiger partial charge in [-0.25, -0.2) is 0 Å². The quantitative estimate of drug-likeness (QED) is 0.612. The molecule has 0 saturated heterocycles. The van der Waals surface area contributed by atoms with E-state index < -0.39 is 0 Å². The number of rotatable bonds is 5. The first-order chi connectivity index (χ1) is 9.33. The Morgan fingerprint density at radius 3 is 2.47 bits per heavy atom. The fourth-order valence-electron chi connectivity index (χ4n) is 1.49. The van der Waals surface area contributed by atoms with E-state index >= 15 is 0 Å². The highest BCUT2D eigenvalue weighted by Gasteiger charge is 2.02. The minimum atomic E-state index is 0.654. The van der Waals surface area contributed by atoms with Gasteiger partial charge < -0.3 is 13.9 Å².